The molecule has 1 aromatic rings. The van der Waals surface area contributed by atoms with Crippen LogP contribution < -0.4 is 4.74 Å². The second-order valence-corrected chi connectivity index (χ2v) is 4.45. The average molecular weight is 303 g/mol. The van der Waals surface area contributed by atoms with E-state index in [1.165, 1.54) is 0 Å². The van der Waals surface area contributed by atoms with Gasteiger partial charge in [0.15, 0.2) is 0 Å². The molecule has 16 heavy (non-hydrogen) atoms. The molecule has 4 heteroatoms. The monoisotopic (exact) mass is 301 g/mol. The first kappa shape index (κ1) is 13.3. The number of nitrogens with zero attached hydrogens (tertiary/aromatic N) is 1. The lowest BCUT2D eigenvalue weighted by atomic mass is 10.2. The van der Waals surface area contributed by atoms with Gasteiger partial charge in [-0.25, -0.2) is 0 Å². The van der Waals surface area contributed by atoms with Gasteiger partial charge < -0.3 is 4.74 Å². The van der Waals surface area contributed by atoms with Gasteiger partial charge >= 0.3 is 0 Å². The number of nitriles is 1. The van der Waals surface area contributed by atoms with E-state index in [4.69, 9.17) is 21.6 Å². The number of alkyl halides is 1. The fourth-order valence-electron chi connectivity index (χ4n) is 1.30. The normalized spacial score (nSPS) is 9.81. The maximum atomic E-state index is 8.39. The summed E-state index contributed by atoms with van der Waals surface area (Å²) in [6.07, 6.45) is 2.34. The lowest BCUT2D eigenvalue weighted by Gasteiger charge is -2.11. The first-order valence-electron chi connectivity index (χ1n) is 5.12. The number of unbranched alkanes of at least 4 members (excludes halogenated alkanes) is 2. The van der Waals surface area contributed by atoms with Crippen molar-refractivity contribution < 1.29 is 4.74 Å². The number of ether oxygens (including phenoxy) is 1. The lowest BCUT2D eigenvalue weighted by Crippen LogP contribution is -2.00. The third kappa shape index (κ3) is 4.03. The van der Waals surface area contributed by atoms with Gasteiger partial charge in [-0.15, -0.1) is 11.6 Å². The predicted octanol–water partition coefficient (Wildman–Crippen LogP) is 4.26. The molecule has 0 amide bonds. The van der Waals surface area contributed by atoms with Gasteiger partial charge in [0.25, 0.3) is 0 Å². The summed E-state index contributed by atoms with van der Waals surface area (Å²) in [7, 11) is 0. The Morgan fingerprint density at radius 1 is 1.38 bits per heavy atom. The Labute approximate surface area is 109 Å². The Morgan fingerprint density at radius 3 is 2.88 bits per heavy atom. The molecular weight excluding hydrogens is 289 g/mol. The van der Waals surface area contributed by atoms with Crippen LogP contribution >= 0.6 is 27.5 Å². The topological polar surface area (TPSA) is 33.0 Å². The molecule has 1 rings (SSSR count). The first-order valence-corrected chi connectivity index (χ1v) is 6.45. The summed E-state index contributed by atoms with van der Waals surface area (Å²) >= 11 is 9.26. The van der Waals surface area contributed by atoms with Crippen LogP contribution in [0.3, 0.4) is 0 Å². The van der Waals surface area contributed by atoms with E-state index < -0.39 is 0 Å². The van der Waals surface area contributed by atoms with Crippen LogP contribution in [0.1, 0.15) is 24.8 Å². The first-order chi connectivity index (χ1) is 7.79. The summed E-state index contributed by atoms with van der Waals surface area (Å²) in [5.74, 6) is 1.25. The van der Waals surface area contributed by atoms with E-state index in [1.807, 2.05) is 18.2 Å². The Bertz CT molecular complexity index is 376. The molecule has 0 saturated heterocycles. The molecule has 0 aliphatic rings. The summed E-state index contributed by atoms with van der Waals surface area (Å²) in [4.78, 5) is 0. The molecule has 0 aliphatic heterocycles. The molecule has 0 heterocycles. The highest BCUT2D eigenvalue weighted by Gasteiger charge is 2.06. The number of hydrogen-bond acceptors (Lipinski definition) is 2. The maximum absolute atomic E-state index is 8.39. The third-order valence-electron chi connectivity index (χ3n) is 2.12. The highest BCUT2D eigenvalue weighted by atomic mass is 79.9. The fraction of sp³-hybridized carbons (Fsp3) is 0.417. The van der Waals surface area contributed by atoms with Crippen LogP contribution in [0.2, 0.25) is 0 Å². The predicted molar refractivity (Wildman–Crippen MR) is 68.7 cm³/mol. The molecule has 0 fully saturated rings. The van der Waals surface area contributed by atoms with Crippen molar-refractivity contribution in [1.82, 2.24) is 0 Å². The van der Waals surface area contributed by atoms with Gasteiger partial charge in [-0.1, -0.05) is 12.1 Å². The standard InChI is InChI=1S/C12H13BrClNO/c13-11-6-4-5-10(9-14)12(11)16-8-3-1-2-7-15/h4-6H,1-3,8-9H2. The molecule has 0 aromatic heterocycles. The summed E-state index contributed by atoms with van der Waals surface area (Å²) in [6.45, 7) is 0.619. The molecule has 0 spiro atoms. The quantitative estimate of drug-likeness (QED) is 0.581. The minimum Gasteiger partial charge on any atom is -0.492 e. The van der Waals surface area contributed by atoms with E-state index in [9.17, 15) is 0 Å². The van der Waals surface area contributed by atoms with Crippen molar-refractivity contribution in [2.24, 2.45) is 0 Å². The Morgan fingerprint density at radius 2 is 2.19 bits per heavy atom. The molecule has 0 bridgehead atoms. The molecule has 0 saturated carbocycles. The minimum atomic E-state index is 0.437. The van der Waals surface area contributed by atoms with Gasteiger partial charge in [0.1, 0.15) is 5.75 Å². The van der Waals surface area contributed by atoms with E-state index in [2.05, 4.69) is 22.0 Å². The van der Waals surface area contributed by atoms with Crippen molar-refractivity contribution in [2.75, 3.05) is 6.61 Å². The second-order valence-electron chi connectivity index (χ2n) is 3.33. The summed E-state index contributed by atoms with van der Waals surface area (Å²) in [5.41, 5.74) is 0.983. The lowest BCUT2D eigenvalue weighted by molar-refractivity contribution is 0.303. The molecule has 2 nitrogen and oxygen atoms in total. The van der Waals surface area contributed by atoms with Crippen LogP contribution in [0, 0.1) is 11.3 Å². The van der Waals surface area contributed by atoms with Gasteiger partial charge in [-0.2, -0.15) is 5.26 Å². The summed E-state index contributed by atoms with van der Waals surface area (Å²) < 4.78 is 6.59. The van der Waals surface area contributed by atoms with Crippen molar-refractivity contribution in [3.8, 4) is 11.8 Å². The van der Waals surface area contributed by atoms with E-state index >= 15 is 0 Å². The number of halogens is 2. The second kappa shape index (κ2) is 7.54. The van der Waals surface area contributed by atoms with Gasteiger partial charge in [0.2, 0.25) is 0 Å². The van der Waals surface area contributed by atoms with Crippen molar-refractivity contribution in [1.29, 1.82) is 5.26 Å². The Kier molecular flexibility index (Phi) is 6.29. The van der Waals surface area contributed by atoms with Gasteiger partial charge in [-0.3, -0.25) is 0 Å². The van der Waals surface area contributed by atoms with E-state index in [-0.39, 0.29) is 0 Å². The molecule has 0 radical (unpaired) electrons. The average Bonchev–Trinajstić information content (AvgIpc) is 2.30. The SMILES string of the molecule is N#CCCCCOc1c(Br)cccc1CCl. The third-order valence-corrected chi connectivity index (χ3v) is 3.03. The molecular formula is C12H13BrClNO. The van der Waals surface area contributed by atoms with Crippen molar-refractivity contribution >= 4 is 27.5 Å². The summed E-state index contributed by atoms with van der Waals surface area (Å²) in [6, 6.07) is 7.93. The molecule has 0 N–H and O–H groups in total. The van der Waals surface area contributed by atoms with Crippen LogP contribution in [-0.2, 0) is 5.88 Å². The highest BCUT2D eigenvalue weighted by Crippen LogP contribution is 2.30. The van der Waals surface area contributed by atoms with E-state index in [0.29, 0.717) is 18.9 Å². The zero-order chi connectivity index (χ0) is 11.8. The van der Waals surface area contributed by atoms with E-state index in [0.717, 1.165) is 28.6 Å². The van der Waals surface area contributed by atoms with Crippen LogP contribution in [0.25, 0.3) is 0 Å². The van der Waals surface area contributed by atoms with Crippen molar-refractivity contribution in [3.63, 3.8) is 0 Å². The van der Waals surface area contributed by atoms with Gasteiger partial charge in [0, 0.05) is 12.0 Å². The highest BCUT2D eigenvalue weighted by molar-refractivity contribution is 9.10. The molecule has 86 valence electrons. The molecule has 0 aliphatic carbocycles. The zero-order valence-corrected chi connectivity index (χ0v) is 11.2. The van der Waals surface area contributed by atoms with Crippen LogP contribution in [0.5, 0.6) is 5.75 Å². The fourth-order valence-corrected chi connectivity index (χ4v) is 2.03. The van der Waals surface area contributed by atoms with Crippen molar-refractivity contribution in [2.45, 2.75) is 25.1 Å². The number of para-hydroxylation sites is 1. The minimum absolute atomic E-state index is 0.437. The number of rotatable bonds is 6. The smallest absolute Gasteiger partial charge is 0.137 e. The van der Waals surface area contributed by atoms with Gasteiger partial charge in [0.05, 0.1) is 23.0 Å². The number of benzene rings is 1. The van der Waals surface area contributed by atoms with Crippen LogP contribution in [0.15, 0.2) is 22.7 Å². The molecule has 1 aromatic carbocycles. The van der Waals surface area contributed by atoms with Gasteiger partial charge in [-0.05, 0) is 34.8 Å². The van der Waals surface area contributed by atoms with Crippen LogP contribution in [0.4, 0.5) is 0 Å². The molecule has 0 atom stereocenters. The number of hydrogen-bond donors (Lipinski definition) is 0. The molecule has 0 unspecified atom stereocenters. The van der Waals surface area contributed by atoms with Crippen molar-refractivity contribution in [3.05, 3.63) is 28.2 Å². The van der Waals surface area contributed by atoms with E-state index in [1.54, 1.807) is 0 Å². The summed E-state index contributed by atoms with van der Waals surface area (Å²) in [5, 5.41) is 8.39. The Hall–Kier alpha value is -0.720. The maximum Gasteiger partial charge on any atom is 0.137 e. The van der Waals surface area contributed by atoms with Crippen LogP contribution in [-0.4, -0.2) is 6.61 Å². The zero-order valence-electron chi connectivity index (χ0n) is 8.88. The largest absolute Gasteiger partial charge is 0.492 e. The Balaban J connectivity index is 2.50.